The van der Waals surface area contributed by atoms with E-state index in [9.17, 15) is 23.1 Å². The molecule has 1 aliphatic rings. The summed E-state index contributed by atoms with van der Waals surface area (Å²) < 4.78 is 38.9. The molecule has 1 aliphatic heterocycles. The molecule has 5 nitrogen and oxygen atoms in total. The summed E-state index contributed by atoms with van der Waals surface area (Å²) in [6.07, 6.45) is -5.68. The molecule has 1 N–H and O–H groups in total. The smallest absolute Gasteiger partial charge is 0.362 e. The second kappa shape index (κ2) is 5.79. The Labute approximate surface area is 114 Å². The van der Waals surface area contributed by atoms with Gasteiger partial charge in [-0.2, -0.15) is 28.5 Å². The molecule has 0 saturated heterocycles. The molecule has 0 spiro atoms. The molecule has 0 unspecified atom stereocenters. The number of hydrogen-bond acceptors (Lipinski definition) is 4. The van der Waals surface area contributed by atoms with E-state index in [2.05, 4.69) is 5.10 Å². The SMILES string of the molecule is CC(C)CCC1=NN(C(=O)CC#N)[C@@](O)(C(F)(F)F)C1. The molecule has 0 fully saturated rings. The van der Waals surface area contributed by atoms with Crippen LogP contribution in [0.2, 0.25) is 0 Å². The lowest BCUT2D eigenvalue weighted by molar-refractivity contribution is -0.302. The van der Waals surface area contributed by atoms with Crippen LogP contribution in [0.5, 0.6) is 0 Å². The van der Waals surface area contributed by atoms with Crippen LogP contribution in [-0.4, -0.2) is 33.6 Å². The average Bonchev–Trinajstić information content (AvgIpc) is 2.65. The van der Waals surface area contributed by atoms with Crippen molar-refractivity contribution in [2.24, 2.45) is 11.0 Å². The Morgan fingerprint density at radius 2 is 2.20 bits per heavy atom. The summed E-state index contributed by atoms with van der Waals surface area (Å²) in [6, 6.07) is 1.46. The van der Waals surface area contributed by atoms with Crippen molar-refractivity contribution in [1.29, 1.82) is 5.26 Å². The maximum atomic E-state index is 13.0. The number of hydrazone groups is 1. The minimum Gasteiger partial charge on any atom is -0.362 e. The fourth-order valence-electron chi connectivity index (χ4n) is 1.84. The van der Waals surface area contributed by atoms with Crippen LogP contribution in [0.4, 0.5) is 13.2 Å². The molecule has 0 saturated carbocycles. The molecule has 0 aromatic rings. The number of carbonyl (C=O) groups excluding carboxylic acids is 1. The summed E-state index contributed by atoms with van der Waals surface area (Å²) in [4.78, 5) is 11.5. The van der Waals surface area contributed by atoms with Crippen molar-refractivity contribution >= 4 is 11.6 Å². The van der Waals surface area contributed by atoms with Gasteiger partial charge in [0.1, 0.15) is 6.42 Å². The molecule has 1 heterocycles. The van der Waals surface area contributed by atoms with Crippen LogP contribution in [0, 0.1) is 17.2 Å². The first-order valence-corrected chi connectivity index (χ1v) is 6.17. The first-order chi connectivity index (χ1) is 9.11. The number of carbonyl (C=O) groups is 1. The summed E-state index contributed by atoms with van der Waals surface area (Å²) in [5.41, 5.74) is -3.22. The Morgan fingerprint density at radius 3 is 2.65 bits per heavy atom. The third kappa shape index (κ3) is 3.28. The van der Waals surface area contributed by atoms with Gasteiger partial charge in [-0.05, 0) is 18.8 Å². The van der Waals surface area contributed by atoms with Crippen LogP contribution in [0.25, 0.3) is 0 Å². The number of hydrogen-bond donors (Lipinski definition) is 1. The first kappa shape index (κ1) is 16.4. The normalized spacial score (nSPS) is 22.9. The molecule has 1 rings (SSSR count). The zero-order valence-electron chi connectivity index (χ0n) is 11.2. The lowest BCUT2D eigenvalue weighted by Gasteiger charge is -2.32. The summed E-state index contributed by atoms with van der Waals surface area (Å²) in [6.45, 7) is 3.81. The van der Waals surface area contributed by atoms with Crippen LogP contribution in [0.1, 0.15) is 39.5 Å². The van der Waals surface area contributed by atoms with E-state index in [1.165, 1.54) is 6.07 Å². The molecule has 8 heteroatoms. The van der Waals surface area contributed by atoms with Crippen LogP contribution < -0.4 is 0 Å². The molecule has 0 bridgehead atoms. The van der Waals surface area contributed by atoms with Crippen LogP contribution in [-0.2, 0) is 4.79 Å². The maximum Gasteiger partial charge on any atom is 0.438 e. The molecule has 20 heavy (non-hydrogen) atoms. The maximum absolute atomic E-state index is 13.0. The van der Waals surface area contributed by atoms with Gasteiger partial charge in [-0.15, -0.1) is 0 Å². The summed E-state index contributed by atoms with van der Waals surface area (Å²) in [5.74, 6) is -0.896. The minimum atomic E-state index is -5.03. The molecule has 0 radical (unpaired) electrons. The molecule has 0 aromatic heterocycles. The monoisotopic (exact) mass is 291 g/mol. The standard InChI is InChI=1S/C12H16F3N3O2/c1-8(2)3-4-9-7-11(20,12(13,14)15)18(17-9)10(19)5-6-16/h8,20H,3-5,7H2,1-2H3/t11-/m0/s1. The summed E-state index contributed by atoms with van der Waals surface area (Å²) in [5, 5.41) is 21.8. The highest BCUT2D eigenvalue weighted by molar-refractivity contribution is 5.91. The number of aliphatic hydroxyl groups is 1. The van der Waals surface area contributed by atoms with Gasteiger partial charge in [0.25, 0.3) is 11.6 Å². The molecular weight excluding hydrogens is 275 g/mol. The van der Waals surface area contributed by atoms with Crippen molar-refractivity contribution in [3.63, 3.8) is 0 Å². The van der Waals surface area contributed by atoms with Gasteiger partial charge >= 0.3 is 6.18 Å². The van der Waals surface area contributed by atoms with Gasteiger partial charge in [0, 0.05) is 12.1 Å². The van der Waals surface area contributed by atoms with Crippen molar-refractivity contribution in [2.45, 2.75) is 51.4 Å². The molecule has 1 amide bonds. The van der Waals surface area contributed by atoms with Gasteiger partial charge in [0.05, 0.1) is 6.07 Å². The van der Waals surface area contributed by atoms with E-state index >= 15 is 0 Å². The topological polar surface area (TPSA) is 76.7 Å². The van der Waals surface area contributed by atoms with Crippen molar-refractivity contribution in [2.75, 3.05) is 0 Å². The highest BCUT2D eigenvalue weighted by Crippen LogP contribution is 2.41. The van der Waals surface area contributed by atoms with E-state index in [0.717, 1.165) is 0 Å². The third-order valence-corrected chi connectivity index (χ3v) is 2.97. The van der Waals surface area contributed by atoms with Gasteiger partial charge in [0.15, 0.2) is 0 Å². The molecular formula is C12H16F3N3O2. The van der Waals surface area contributed by atoms with E-state index < -0.39 is 30.7 Å². The molecule has 0 aromatic carbocycles. The minimum absolute atomic E-state index is 0.00583. The van der Waals surface area contributed by atoms with Crippen molar-refractivity contribution in [3.05, 3.63) is 0 Å². The van der Waals surface area contributed by atoms with Gasteiger partial charge < -0.3 is 5.11 Å². The predicted octanol–water partition coefficient (Wildman–Crippen LogP) is 2.18. The number of nitriles is 1. The van der Waals surface area contributed by atoms with E-state index in [4.69, 9.17) is 5.26 Å². The highest BCUT2D eigenvalue weighted by Gasteiger charge is 2.62. The lowest BCUT2D eigenvalue weighted by Crippen LogP contribution is -2.56. The number of alkyl halides is 3. The Kier molecular flexibility index (Phi) is 4.76. The summed E-state index contributed by atoms with van der Waals surface area (Å²) >= 11 is 0. The number of rotatable bonds is 4. The lowest BCUT2D eigenvalue weighted by atomic mass is 9.99. The Hall–Kier alpha value is -1.62. The van der Waals surface area contributed by atoms with Crippen LogP contribution >= 0.6 is 0 Å². The quantitative estimate of drug-likeness (QED) is 0.862. The van der Waals surface area contributed by atoms with Crippen molar-refractivity contribution < 1.29 is 23.1 Å². The largest absolute Gasteiger partial charge is 0.438 e. The zero-order valence-corrected chi connectivity index (χ0v) is 11.2. The van der Waals surface area contributed by atoms with Gasteiger partial charge in [-0.1, -0.05) is 13.8 Å². The van der Waals surface area contributed by atoms with Crippen molar-refractivity contribution in [1.82, 2.24) is 5.01 Å². The first-order valence-electron chi connectivity index (χ1n) is 6.17. The van der Waals surface area contributed by atoms with Gasteiger partial charge in [-0.3, -0.25) is 4.79 Å². The van der Waals surface area contributed by atoms with E-state index in [1.807, 2.05) is 13.8 Å². The number of amides is 1. The fourth-order valence-corrected chi connectivity index (χ4v) is 1.84. The highest BCUT2D eigenvalue weighted by atomic mass is 19.4. The second-order valence-electron chi connectivity index (χ2n) is 5.13. The molecule has 112 valence electrons. The van der Waals surface area contributed by atoms with Crippen LogP contribution in [0.15, 0.2) is 5.10 Å². The average molecular weight is 291 g/mol. The summed E-state index contributed by atoms with van der Waals surface area (Å²) in [7, 11) is 0. The fraction of sp³-hybridized carbons (Fsp3) is 0.750. The number of halogens is 3. The van der Waals surface area contributed by atoms with E-state index in [1.54, 1.807) is 0 Å². The number of nitrogens with zero attached hydrogens (tertiary/aromatic N) is 3. The predicted molar refractivity (Wildman–Crippen MR) is 64.2 cm³/mol. The molecule has 1 atom stereocenters. The third-order valence-electron chi connectivity index (χ3n) is 2.97. The van der Waals surface area contributed by atoms with E-state index in [-0.39, 0.29) is 23.1 Å². The zero-order chi connectivity index (χ0) is 15.6. The van der Waals surface area contributed by atoms with Crippen LogP contribution in [0.3, 0.4) is 0 Å². The van der Waals surface area contributed by atoms with Gasteiger partial charge in [-0.25, -0.2) is 0 Å². The molecule has 0 aliphatic carbocycles. The Balaban J connectivity index is 2.98. The Bertz CT molecular complexity index is 454. The van der Waals surface area contributed by atoms with Crippen molar-refractivity contribution in [3.8, 4) is 6.07 Å². The van der Waals surface area contributed by atoms with E-state index in [0.29, 0.717) is 6.42 Å². The second-order valence-corrected chi connectivity index (χ2v) is 5.13. The van der Waals surface area contributed by atoms with Gasteiger partial charge in [0.2, 0.25) is 0 Å². The Morgan fingerprint density at radius 1 is 1.60 bits per heavy atom.